The molecule has 0 radical (unpaired) electrons. The van der Waals surface area contributed by atoms with Gasteiger partial charge in [-0.15, -0.1) is 0 Å². The molecule has 1 N–H and O–H groups in total. The molecule has 1 saturated carbocycles. The molecule has 17 heavy (non-hydrogen) atoms. The lowest BCUT2D eigenvalue weighted by Gasteiger charge is -2.28. The van der Waals surface area contributed by atoms with Crippen LogP contribution in [0, 0.1) is 11.7 Å². The van der Waals surface area contributed by atoms with Crippen molar-refractivity contribution in [3.63, 3.8) is 0 Å². The summed E-state index contributed by atoms with van der Waals surface area (Å²) in [5.74, 6) is 0.816. The second-order valence-electron chi connectivity index (χ2n) is 5.27. The monoisotopic (exact) mass is 235 g/mol. The van der Waals surface area contributed by atoms with E-state index in [2.05, 4.69) is 12.2 Å². The van der Waals surface area contributed by atoms with Crippen molar-refractivity contribution in [3.8, 4) is 0 Å². The quantitative estimate of drug-likeness (QED) is 0.795. The summed E-state index contributed by atoms with van der Waals surface area (Å²) in [6.45, 7) is 3.20. The Hall–Kier alpha value is -0.890. The molecule has 1 aromatic carbocycles. The molecule has 1 fully saturated rings. The van der Waals surface area contributed by atoms with Crippen LogP contribution in [0.15, 0.2) is 24.3 Å². The minimum Gasteiger partial charge on any atom is -0.314 e. The first-order valence-corrected chi connectivity index (χ1v) is 6.72. The second kappa shape index (κ2) is 6.15. The van der Waals surface area contributed by atoms with Crippen molar-refractivity contribution < 1.29 is 4.39 Å². The predicted octanol–water partition coefficient (Wildman–Crippen LogP) is 3.54. The normalized spacial score (nSPS) is 17.8. The minimum atomic E-state index is -0.134. The van der Waals surface area contributed by atoms with Gasteiger partial charge in [0.1, 0.15) is 5.82 Å². The fourth-order valence-corrected chi connectivity index (χ4v) is 2.47. The van der Waals surface area contributed by atoms with Crippen LogP contribution in [-0.4, -0.2) is 12.6 Å². The van der Waals surface area contributed by atoms with Gasteiger partial charge in [-0.1, -0.05) is 31.4 Å². The fourth-order valence-electron chi connectivity index (χ4n) is 2.47. The molecule has 2 heteroatoms. The van der Waals surface area contributed by atoms with E-state index in [1.807, 2.05) is 6.07 Å². The molecule has 0 bridgehead atoms. The highest BCUT2D eigenvalue weighted by molar-refractivity contribution is 5.16. The van der Waals surface area contributed by atoms with Crippen molar-refractivity contribution in [2.24, 2.45) is 5.92 Å². The highest BCUT2D eigenvalue weighted by atomic mass is 19.1. The first kappa shape index (κ1) is 12.6. The van der Waals surface area contributed by atoms with Crippen LogP contribution in [0.1, 0.15) is 38.2 Å². The van der Waals surface area contributed by atoms with Crippen LogP contribution in [0.2, 0.25) is 0 Å². The van der Waals surface area contributed by atoms with Gasteiger partial charge in [0.15, 0.2) is 0 Å². The van der Waals surface area contributed by atoms with Gasteiger partial charge in [-0.25, -0.2) is 4.39 Å². The van der Waals surface area contributed by atoms with Crippen molar-refractivity contribution in [1.29, 1.82) is 0 Å². The Balaban J connectivity index is 1.64. The highest BCUT2D eigenvalue weighted by Crippen LogP contribution is 2.30. The van der Waals surface area contributed by atoms with E-state index in [4.69, 9.17) is 0 Å². The zero-order valence-corrected chi connectivity index (χ0v) is 10.6. The van der Waals surface area contributed by atoms with E-state index in [0.29, 0.717) is 6.04 Å². The molecule has 0 heterocycles. The molecule has 1 unspecified atom stereocenters. The minimum absolute atomic E-state index is 0.134. The third-order valence-electron chi connectivity index (χ3n) is 3.71. The van der Waals surface area contributed by atoms with Crippen LogP contribution in [0.3, 0.4) is 0 Å². The van der Waals surface area contributed by atoms with E-state index in [9.17, 15) is 4.39 Å². The molecule has 1 aliphatic carbocycles. The maximum Gasteiger partial charge on any atom is 0.123 e. The van der Waals surface area contributed by atoms with E-state index in [1.54, 1.807) is 12.1 Å². The third kappa shape index (κ3) is 4.12. The maximum atomic E-state index is 13.0. The average Bonchev–Trinajstić information content (AvgIpc) is 2.24. The number of rotatable bonds is 6. The van der Waals surface area contributed by atoms with Crippen LogP contribution in [0.4, 0.5) is 4.39 Å². The van der Waals surface area contributed by atoms with Gasteiger partial charge in [0.2, 0.25) is 0 Å². The number of nitrogens with one attached hydrogen (secondary N) is 1. The van der Waals surface area contributed by atoms with Crippen LogP contribution in [0.5, 0.6) is 0 Å². The van der Waals surface area contributed by atoms with Crippen molar-refractivity contribution in [2.45, 2.75) is 45.1 Å². The highest BCUT2D eigenvalue weighted by Gasteiger charge is 2.19. The topological polar surface area (TPSA) is 12.0 Å². The van der Waals surface area contributed by atoms with Crippen molar-refractivity contribution in [3.05, 3.63) is 35.6 Å². The largest absolute Gasteiger partial charge is 0.314 e. The van der Waals surface area contributed by atoms with Crippen LogP contribution in [0.25, 0.3) is 0 Å². The zero-order valence-electron chi connectivity index (χ0n) is 10.6. The van der Waals surface area contributed by atoms with Gasteiger partial charge in [-0.05, 0) is 49.9 Å². The Morgan fingerprint density at radius 3 is 2.88 bits per heavy atom. The molecule has 1 atom stereocenters. The Morgan fingerprint density at radius 2 is 2.24 bits per heavy atom. The first-order chi connectivity index (χ1) is 8.24. The van der Waals surface area contributed by atoms with Gasteiger partial charge in [0.05, 0.1) is 0 Å². The van der Waals surface area contributed by atoms with Gasteiger partial charge >= 0.3 is 0 Å². The third-order valence-corrected chi connectivity index (χ3v) is 3.71. The number of halogens is 1. The summed E-state index contributed by atoms with van der Waals surface area (Å²) < 4.78 is 13.0. The molecule has 1 nitrogen and oxygen atoms in total. The molecule has 0 aromatic heterocycles. The van der Waals surface area contributed by atoms with Crippen molar-refractivity contribution >= 4 is 0 Å². The Labute approximate surface area is 103 Å². The second-order valence-corrected chi connectivity index (χ2v) is 5.27. The molecular weight excluding hydrogens is 213 g/mol. The van der Waals surface area contributed by atoms with E-state index < -0.39 is 0 Å². The fraction of sp³-hybridized carbons (Fsp3) is 0.600. The molecule has 0 amide bonds. The smallest absolute Gasteiger partial charge is 0.123 e. The molecule has 2 rings (SSSR count). The van der Waals surface area contributed by atoms with Crippen molar-refractivity contribution in [2.75, 3.05) is 6.54 Å². The van der Waals surface area contributed by atoms with Crippen LogP contribution in [-0.2, 0) is 6.42 Å². The SMILES string of the molecule is CC(CC1CCC1)NCCc1cccc(F)c1. The van der Waals surface area contributed by atoms with E-state index in [-0.39, 0.29) is 5.82 Å². The van der Waals surface area contributed by atoms with Gasteiger partial charge in [0, 0.05) is 6.04 Å². The predicted molar refractivity (Wildman–Crippen MR) is 69.5 cm³/mol. The standard InChI is InChI=1S/C15H22FN/c1-12(10-13-4-2-5-13)17-9-8-14-6-3-7-15(16)11-14/h3,6-7,11-13,17H,2,4-5,8-10H2,1H3. The summed E-state index contributed by atoms with van der Waals surface area (Å²) >= 11 is 0. The van der Waals surface area contributed by atoms with Gasteiger partial charge in [-0.3, -0.25) is 0 Å². The van der Waals surface area contributed by atoms with Gasteiger partial charge < -0.3 is 5.32 Å². The Bertz CT molecular complexity index is 347. The van der Waals surface area contributed by atoms with Gasteiger partial charge in [0.25, 0.3) is 0 Å². The van der Waals surface area contributed by atoms with Gasteiger partial charge in [-0.2, -0.15) is 0 Å². The molecule has 94 valence electrons. The van der Waals surface area contributed by atoms with E-state index >= 15 is 0 Å². The lowest BCUT2D eigenvalue weighted by molar-refractivity contribution is 0.266. The summed E-state index contributed by atoms with van der Waals surface area (Å²) in [5.41, 5.74) is 1.08. The lowest BCUT2D eigenvalue weighted by Crippen LogP contribution is -2.31. The Kier molecular flexibility index (Phi) is 4.55. The summed E-state index contributed by atoms with van der Waals surface area (Å²) in [7, 11) is 0. The van der Waals surface area contributed by atoms with Crippen LogP contribution < -0.4 is 5.32 Å². The number of hydrogen-bond donors (Lipinski definition) is 1. The molecule has 0 spiro atoms. The van der Waals surface area contributed by atoms with Crippen LogP contribution >= 0.6 is 0 Å². The molecule has 1 aliphatic rings. The van der Waals surface area contributed by atoms with E-state index in [1.165, 1.54) is 31.7 Å². The molecular formula is C15H22FN. The lowest BCUT2D eigenvalue weighted by atomic mass is 9.81. The van der Waals surface area contributed by atoms with Crippen molar-refractivity contribution in [1.82, 2.24) is 5.32 Å². The number of benzene rings is 1. The molecule has 0 aliphatic heterocycles. The van der Waals surface area contributed by atoms with E-state index in [0.717, 1.165) is 24.4 Å². The average molecular weight is 235 g/mol. The zero-order chi connectivity index (χ0) is 12.1. The summed E-state index contributed by atoms with van der Waals surface area (Å²) in [6.07, 6.45) is 6.45. The molecule has 0 saturated heterocycles. The summed E-state index contributed by atoms with van der Waals surface area (Å²) in [5, 5.41) is 3.53. The summed E-state index contributed by atoms with van der Waals surface area (Å²) in [4.78, 5) is 0. The Morgan fingerprint density at radius 1 is 1.41 bits per heavy atom. The summed E-state index contributed by atoms with van der Waals surface area (Å²) in [6, 6.07) is 7.48. The number of hydrogen-bond acceptors (Lipinski definition) is 1. The maximum absolute atomic E-state index is 13.0. The molecule has 1 aromatic rings. The first-order valence-electron chi connectivity index (χ1n) is 6.72.